The van der Waals surface area contributed by atoms with Gasteiger partial charge in [0.15, 0.2) is 0 Å². The Morgan fingerprint density at radius 1 is 1.62 bits per heavy atom. The van der Waals surface area contributed by atoms with Crippen molar-refractivity contribution in [3.63, 3.8) is 0 Å². The summed E-state index contributed by atoms with van der Waals surface area (Å²) in [5.74, 6) is 3.29. The minimum absolute atomic E-state index is 0.0810. The molecular formula is C11H7BrClFO2. The maximum Gasteiger partial charge on any atom is 0.384 e. The third-order valence-corrected chi connectivity index (χ3v) is 2.42. The molecule has 0 bridgehead atoms. The number of hydrogen-bond acceptors (Lipinski definition) is 2. The molecule has 0 heterocycles. The van der Waals surface area contributed by atoms with Crippen LogP contribution in [0, 0.1) is 17.7 Å². The van der Waals surface area contributed by atoms with E-state index in [9.17, 15) is 9.18 Å². The number of carbonyl (C=O) groups is 1. The van der Waals surface area contributed by atoms with E-state index in [1.165, 1.54) is 6.07 Å². The molecule has 2 nitrogen and oxygen atoms in total. The normalized spacial score (nSPS) is 9.25. The van der Waals surface area contributed by atoms with Gasteiger partial charge in [0.2, 0.25) is 0 Å². The average Bonchev–Trinajstić information content (AvgIpc) is 2.16. The van der Waals surface area contributed by atoms with Gasteiger partial charge in [-0.25, -0.2) is 9.18 Å². The van der Waals surface area contributed by atoms with Crippen LogP contribution in [0.2, 0.25) is 5.02 Å². The van der Waals surface area contributed by atoms with Crippen LogP contribution in [-0.2, 0) is 9.53 Å². The molecule has 1 aromatic carbocycles. The largest absolute Gasteiger partial charge is 0.456 e. The first-order chi connectivity index (χ1) is 7.54. The third kappa shape index (κ3) is 3.51. The molecule has 0 spiro atoms. The zero-order valence-corrected chi connectivity index (χ0v) is 10.7. The summed E-state index contributed by atoms with van der Waals surface area (Å²) in [6, 6.07) is 2.63. The van der Waals surface area contributed by atoms with Crippen molar-refractivity contribution in [1.29, 1.82) is 0 Å². The number of carbonyl (C=O) groups excluding carboxylic acids is 1. The van der Waals surface area contributed by atoms with Crippen LogP contribution in [0.4, 0.5) is 4.39 Å². The fraction of sp³-hybridized carbons (Fsp3) is 0.182. The molecule has 0 aromatic heterocycles. The lowest BCUT2D eigenvalue weighted by Crippen LogP contribution is -2.00. The molecule has 0 radical (unpaired) electrons. The Bertz CT molecular complexity index is 454. The summed E-state index contributed by atoms with van der Waals surface area (Å²) >= 11 is 8.73. The lowest BCUT2D eigenvalue weighted by Gasteiger charge is -1.99. The van der Waals surface area contributed by atoms with Crippen LogP contribution in [0.5, 0.6) is 0 Å². The summed E-state index contributed by atoms with van der Waals surface area (Å²) in [4.78, 5) is 10.9. The Morgan fingerprint density at radius 3 is 2.88 bits per heavy atom. The van der Waals surface area contributed by atoms with Crippen molar-refractivity contribution < 1.29 is 13.9 Å². The van der Waals surface area contributed by atoms with E-state index < -0.39 is 11.8 Å². The van der Waals surface area contributed by atoms with Crippen LogP contribution in [0.15, 0.2) is 16.6 Å². The van der Waals surface area contributed by atoms with Crippen molar-refractivity contribution in [1.82, 2.24) is 0 Å². The summed E-state index contributed by atoms with van der Waals surface area (Å²) in [5.41, 5.74) is 0.0810. The van der Waals surface area contributed by atoms with Gasteiger partial charge in [0, 0.05) is 15.4 Å². The van der Waals surface area contributed by atoms with E-state index in [-0.39, 0.29) is 17.2 Å². The van der Waals surface area contributed by atoms with E-state index in [2.05, 4.69) is 32.5 Å². The molecule has 0 saturated carbocycles. The molecule has 5 heteroatoms. The van der Waals surface area contributed by atoms with Crippen LogP contribution in [0.25, 0.3) is 0 Å². The van der Waals surface area contributed by atoms with E-state index in [0.717, 1.165) is 6.07 Å². The Balaban J connectivity index is 3.01. The van der Waals surface area contributed by atoms with Crippen LogP contribution in [0.1, 0.15) is 12.5 Å². The number of halogens is 3. The van der Waals surface area contributed by atoms with Gasteiger partial charge in [-0.05, 0) is 35.0 Å². The number of ether oxygens (including phenoxy) is 1. The quantitative estimate of drug-likeness (QED) is 0.588. The Labute approximate surface area is 106 Å². The highest BCUT2D eigenvalue weighted by molar-refractivity contribution is 9.10. The van der Waals surface area contributed by atoms with Crippen molar-refractivity contribution in [3.05, 3.63) is 33.0 Å². The molecule has 1 rings (SSSR count). The maximum atomic E-state index is 13.4. The molecule has 0 unspecified atom stereocenters. The highest BCUT2D eigenvalue weighted by atomic mass is 79.9. The lowest BCUT2D eigenvalue weighted by molar-refractivity contribution is -0.136. The van der Waals surface area contributed by atoms with Gasteiger partial charge in [0.1, 0.15) is 5.82 Å². The van der Waals surface area contributed by atoms with E-state index in [0.29, 0.717) is 4.47 Å². The number of rotatable bonds is 1. The fourth-order valence-corrected chi connectivity index (χ4v) is 1.81. The van der Waals surface area contributed by atoms with Crippen molar-refractivity contribution in [3.8, 4) is 11.8 Å². The molecule has 0 saturated heterocycles. The molecule has 1 aromatic rings. The van der Waals surface area contributed by atoms with Gasteiger partial charge in [-0.2, -0.15) is 0 Å². The van der Waals surface area contributed by atoms with Crippen molar-refractivity contribution in [2.24, 2.45) is 0 Å². The first-order valence-electron chi connectivity index (χ1n) is 4.38. The summed E-state index contributed by atoms with van der Waals surface area (Å²) < 4.78 is 18.4. The molecular weight excluding hydrogens is 298 g/mol. The first-order valence-corrected chi connectivity index (χ1v) is 5.55. The number of hydrogen-bond donors (Lipinski definition) is 0. The maximum absolute atomic E-state index is 13.4. The smallest absolute Gasteiger partial charge is 0.384 e. The van der Waals surface area contributed by atoms with Crippen molar-refractivity contribution in [2.45, 2.75) is 6.92 Å². The third-order valence-electron chi connectivity index (χ3n) is 1.57. The van der Waals surface area contributed by atoms with Gasteiger partial charge in [-0.3, -0.25) is 0 Å². The Kier molecular flexibility index (Phi) is 4.78. The second-order valence-electron chi connectivity index (χ2n) is 2.71. The number of esters is 1. The standard InChI is InChI=1S/C11H7BrClFO2/c1-2-16-11(15)4-3-8-9(12)5-7(13)6-10(8)14/h5-6H,2H2,1H3. The summed E-state index contributed by atoms with van der Waals surface area (Å²) in [7, 11) is 0. The minimum Gasteiger partial charge on any atom is -0.456 e. The van der Waals surface area contributed by atoms with Crippen LogP contribution >= 0.6 is 27.5 Å². The van der Waals surface area contributed by atoms with Crippen LogP contribution < -0.4 is 0 Å². The zero-order chi connectivity index (χ0) is 12.1. The lowest BCUT2D eigenvalue weighted by atomic mass is 10.2. The van der Waals surface area contributed by atoms with Gasteiger partial charge in [-0.1, -0.05) is 17.5 Å². The monoisotopic (exact) mass is 304 g/mol. The highest BCUT2D eigenvalue weighted by Gasteiger charge is 2.06. The second-order valence-corrected chi connectivity index (χ2v) is 4.01. The van der Waals surface area contributed by atoms with Gasteiger partial charge in [-0.15, -0.1) is 0 Å². The van der Waals surface area contributed by atoms with Gasteiger partial charge in [0.25, 0.3) is 0 Å². The molecule has 84 valence electrons. The molecule has 0 aliphatic carbocycles. The highest BCUT2D eigenvalue weighted by Crippen LogP contribution is 2.23. The summed E-state index contributed by atoms with van der Waals surface area (Å²) in [6.07, 6.45) is 0. The van der Waals surface area contributed by atoms with Crippen LogP contribution in [0.3, 0.4) is 0 Å². The van der Waals surface area contributed by atoms with Crippen molar-refractivity contribution >= 4 is 33.5 Å². The molecule has 0 N–H and O–H groups in total. The van der Waals surface area contributed by atoms with Gasteiger partial charge < -0.3 is 4.74 Å². The summed E-state index contributed by atoms with van der Waals surface area (Å²) in [5, 5.41) is 0.256. The minimum atomic E-state index is -0.691. The first kappa shape index (κ1) is 13.0. The van der Waals surface area contributed by atoms with Gasteiger partial charge >= 0.3 is 5.97 Å². The molecule has 0 atom stereocenters. The van der Waals surface area contributed by atoms with Crippen LogP contribution in [-0.4, -0.2) is 12.6 Å². The summed E-state index contributed by atoms with van der Waals surface area (Å²) in [6.45, 7) is 1.90. The fourth-order valence-electron chi connectivity index (χ4n) is 0.942. The second kappa shape index (κ2) is 5.88. The molecule has 16 heavy (non-hydrogen) atoms. The average molecular weight is 306 g/mol. The molecule has 0 fully saturated rings. The topological polar surface area (TPSA) is 26.3 Å². The van der Waals surface area contributed by atoms with Crippen molar-refractivity contribution in [2.75, 3.05) is 6.61 Å². The van der Waals surface area contributed by atoms with E-state index in [1.807, 2.05) is 0 Å². The number of benzene rings is 1. The van der Waals surface area contributed by atoms with E-state index >= 15 is 0 Å². The van der Waals surface area contributed by atoms with Gasteiger partial charge in [0.05, 0.1) is 12.2 Å². The molecule has 0 aliphatic heterocycles. The predicted molar refractivity (Wildman–Crippen MR) is 62.6 cm³/mol. The molecule has 0 amide bonds. The Morgan fingerprint density at radius 2 is 2.31 bits per heavy atom. The molecule has 0 aliphatic rings. The van der Waals surface area contributed by atoms with E-state index in [4.69, 9.17) is 11.6 Å². The Hall–Kier alpha value is -1.05. The SMILES string of the molecule is CCOC(=O)C#Cc1c(F)cc(Cl)cc1Br. The predicted octanol–water partition coefficient (Wildman–Crippen LogP) is 3.16. The zero-order valence-electron chi connectivity index (χ0n) is 8.31. The van der Waals surface area contributed by atoms with E-state index in [1.54, 1.807) is 6.92 Å².